The molecule has 0 N–H and O–H groups in total. The second-order valence-electron chi connectivity index (χ2n) is 29.0. The first-order valence-corrected chi connectivity index (χ1v) is 38.8. The van der Waals surface area contributed by atoms with E-state index in [1.54, 1.807) is 6.33 Å². The fraction of sp³-hybridized carbons (Fsp3) is 0.0182. The van der Waals surface area contributed by atoms with Crippen molar-refractivity contribution in [3.05, 3.63) is 437 Å². The van der Waals surface area contributed by atoms with Crippen LogP contribution >= 0.6 is 0 Å². The van der Waals surface area contributed by atoms with E-state index in [-0.39, 0.29) is 40.2 Å². The van der Waals surface area contributed by atoms with Gasteiger partial charge in [-0.05, 0) is 175 Å². The maximum atomic E-state index is 4.86. The zero-order valence-electron chi connectivity index (χ0n) is 64.3. The van der Waals surface area contributed by atoms with Crippen LogP contribution in [0.1, 0.15) is 11.1 Å². The van der Waals surface area contributed by atoms with Gasteiger partial charge >= 0.3 is 40.2 Å². The molecule has 5 aromatic heterocycles. The van der Waals surface area contributed by atoms with Crippen LogP contribution in [0.4, 0.5) is 0 Å². The number of rotatable bonds is 18. The summed E-state index contributed by atoms with van der Waals surface area (Å²) in [6, 6.07) is 148. The second kappa shape index (κ2) is 34.6. The summed E-state index contributed by atoms with van der Waals surface area (Å²) in [5.74, 6) is 0. The number of pyridine rings is 4. The Bertz CT molecular complexity index is 6070. The van der Waals surface area contributed by atoms with Crippen LogP contribution < -0.4 is 0 Å². The normalized spacial score (nSPS) is 11.0. The van der Waals surface area contributed by atoms with Gasteiger partial charge in [-0.15, -0.1) is 179 Å². The van der Waals surface area contributed by atoms with E-state index in [1.165, 1.54) is 0 Å². The van der Waals surface area contributed by atoms with Crippen molar-refractivity contribution in [2.24, 2.45) is 0 Å². The summed E-state index contributed by atoms with van der Waals surface area (Å²) in [5, 5.41) is 0. The summed E-state index contributed by atoms with van der Waals surface area (Å²) in [7, 11) is 0. The summed E-state index contributed by atoms with van der Waals surface area (Å²) in [6.07, 6.45) is 8.93. The Hall–Kier alpha value is -13.9. The Morgan fingerprint density at radius 2 is 0.381 bits per heavy atom. The number of benzene rings is 14. The smallest absolute Gasteiger partial charge is 0.305 e. The van der Waals surface area contributed by atoms with Crippen LogP contribution in [-0.4, -0.2) is 29.9 Å². The number of aryl methyl sites for hydroxylation is 2. The van der Waals surface area contributed by atoms with E-state index in [9.17, 15) is 0 Å². The number of nitrogens with zero attached hydrogens (tertiary/aromatic N) is 6. The van der Waals surface area contributed by atoms with E-state index in [0.29, 0.717) is 0 Å². The first kappa shape index (κ1) is 76.7. The number of hydrogen-bond donors (Lipinski definition) is 0. The Morgan fingerprint density at radius 3 is 0.602 bits per heavy atom. The fourth-order valence-corrected chi connectivity index (χ4v) is 15.7. The van der Waals surface area contributed by atoms with Gasteiger partial charge in [-0.2, -0.15) is 0 Å². The molecule has 0 atom stereocenters. The molecule has 0 aliphatic rings. The molecule has 0 bridgehead atoms. The molecule has 0 aliphatic heterocycles. The van der Waals surface area contributed by atoms with Gasteiger partial charge < -0.3 is 19.9 Å². The molecule has 0 saturated heterocycles. The summed E-state index contributed by atoms with van der Waals surface area (Å²) in [4.78, 5) is 28.2. The van der Waals surface area contributed by atoms with Crippen LogP contribution in [0.2, 0.25) is 0 Å². The van der Waals surface area contributed by atoms with Crippen molar-refractivity contribution in [2.75, 3.05) is 0 Å². The molecule has 0 fully saturated rings. The Balaban J connectivity index is 0.00000499. The molecule has 118 heavy (non-hydrogen) atoms. The second-order valence-corrected chi connectivity index (χ2v) is 29.0. The maximum Gasteiger partial charge on any atom is 3.00 e. The van der Waals surface area contributed by atoms with Gasteiger partial charge in [-0.3, -0.25) is 9.97 Å². The molecule has 0 spiro atoms. The molecule has 0 unspecified atom stereocenters. The monoisotopic (exact) mass is 1860 g/mol. The molecule has 0 saturated carbocycles. The first-order valence-electron chi connectivity index (χ1n) is 38.8. The van der Waals surface area contributed by atoms with Crippen LogP contribution in [0.15, 0.2) is 389 Å². The van der Waals surface area contributed by atoms with E-state index in [4.69, 9.17) is 9.97 Å². The fourth-order valence-electron chi connectivity index (χ4n) is 15.7. The first-order chi connectivity index (χ1) is 57.3. The van der Waals surface area contributed by atoms with Gasteiger partial charge in [0.15, 0.2) is 0 Å². The van der Waals surface area contributed by atoms with E-state index < -0.39 is 0 Å². The number of hydrogen-bond acceptors (Lipinski definition) is 6. The van der Waals surface area contributed by atoms with Gasteiger partial charge in [0.1, 0.15) is 0 Å². The van der Waals surface area contributed by atoms with Crippen molar-refractivity contribution in [2.45, 2.75) is 13.8 Å². The predicted octanol–water partition coefficient (Wildman–Crippen LogP) is 27.5. The van der Waals surface area contributed by atoms with Crippen LogP contribution in [0.3, 0.4) is 0 Å². The molecule has 19 rings (SSSR count). The van der Waals surface area contributed by atoms with Crippen LogP contribution in [0.5, 0.6) is 0 Å². The minimum absolute atomic E-state index is 0. The molecular formula is C110H70Ir2N6. The molecule has 0 amide bonds. The minimum atomic E-state index is 0. The average molecular weight is 1860 g/mol. The molecule has 558 valence electrons. The van der Waals surface area contributed by atoms with Gasteiger partial charge in [0.05, 0.1) is 6.33 Å². The quantitative estimate of drug-likeness (QED) is 0.0797. The third-order valence-corrected chi connectivity index (χ3v) is 21.5. The number of aromatic nitrogens is 6. The Labute approximate surface area is 715 Å². The third-order valence-electron chi connectivity index (χ3n) is 21.5. The van der Waals surface area contributed by atoms with Gasteiger partial charge in [-0.25, -0.2) is 0 Å². The van der Waals surface area contributed by atoms with E-state index in [2.05, 4.69) is 349 Å². The van der Waals surface area contributed by atoms with Gasteiger partial charge in [0, 0.05) is 24.8 Å². The zero-order chi connectivity index (χ0) is 77.7. The Morgan fingerprint density at radius 1 is 0.169 bits per heavy atom. The average Bonchev–Trinajstić information content (AvgIpc) is 0.769. The van der Waals surface area contributed by atoms with Gasteiger partial charge in [-0.1, -0.05) is 266 Å². The zero-order valence-corrected chi connectivity index (χ0v) is 69.1. The molecular weight excluding hydrogens is 1790 g/mol. The van der Waals surface area contributed by atoms with Crippen molar-refractivity contribution < 1.29 is 40.2 Å². The molecule has 19 aromatic rings. The van der Waals surface area contributed by atoms with Gasteiger partial charge in [0.2, 0.25) is 0 Å². The van der Waals surface area contributed by atoms with Crippen molar-refractivity contribution in [1.82, 2.24) is 29.9 Å². The van der Waals surface area contributed by atoms with Crippen LogP contribution in [-0.2, 0) is 40.2 Å². The topological polar surface area (TPSA) is 77.3 Å². The predicted molar refractivity (Wildman–Crippen MR) is 474 cm³/mol. The summed E-state index contributed by atoms with van der Waals surface area (Å²) < 4.78 is 0. The van der Waals surface area contributed by atoms with Gasteiger partial charge in [0.25, 0.3) is 0 Å². The van der Waals surface area contributed by atoms with Crippen molar-refractivity contribution in [3.8, 4) is 201 Å². The molecule has 5 heterocycles. The van der Waals surface area contributed by atoms with E-state index >= 15 is 0 Å². The van der Waals surface area contributed by atoms with Crippen molar-refractivity contribution >= 4 is 0 Å². The molecule has 14 aromatic carbocycles. The maximum absolute atomic E-state index is 4.86. The Kier molecular flexibility index (Phi) is 22.5. The molecule has 6 nitrogen and oxygen atoms in total. The van der Waals surface area contributed by atoms with Crippen LogP contribution in [0.25, 0.3) is 201 Å². The minimum Gasteiger partial charge on any atom is -0.305 e. The summed E-state index contributed by atoms with van der Waals surface area (Å²) in [5.41, 5.74) is 38.8. The standard InChI is InChI=1S/C110H70N6.2Ir/c1-73-31-57-101(103(63-73)91-67-87(97-23-7-3-19-93(97)75-33-45-81(46-34-75)105-27-11-15-59-111-105)65-88(68-91)98-24-8-4-20-94(98)76-35-47-82(48-36-76)106-28-12-16-60-112-106)79-41-53-85(54-42-79)109-71-110(116-72-115-109)86-55-43-80(44-56-86)102-58-32-74(2)64-104(102)92-69-89(99-25-9-5-21-95(99)77-37-49-83(50-38-77)107-29-13-17-61-113-107)66-90(70-92)100-26-10-6-22-96(100)78-39-51-84(52-40-78)108-30-14-18-62-114-108;;/h3-45,47,49,51,53,55,57-72H,1-2H3;;/q-6;2*+3. The molecule has 8 heteroatoms. The van der Waals surface area contributed by atoms with E-state index in [0.717, 1.165) is 212 Å². The molecule has 0 aliphatic carbocycles. The SMILES string of the molecule is Cc1ccc(-c2c[c-]c(-c3cc(-c4[c-]cc(-c5ccc(C)cc5-c5cc(-c6ccccc6-c6c[c-]c(-c7ccccn7)cc6)cc(-c6ccccc6-c6c[c-]c(-c7ccccn7)cc6)c5)cc4)ncn3)cc2)c(-c2cc(-c3ccccc3-c3c[c-]c(-c4ccccn4)cc3)cc(-c3ccccc3-c3c[c-]c(-c4ccccn4)cc3)c2)c1.[Ir+3].[Ir+3]. The molecule has 0 radical (unpaired) electrons. The van der Waals surface area contributed by atoms with E-state index in [1.807, 2.05) is 104 Å². The summed E-state index contributed by atoms with van der Waals surface area (Å²) in [6.45, 7) is 4.33. The third kappa shape index (κ3) is 16.1. The largest absolute Gasteiger partial charge is 3.00 e. The van der Waals surface area contributed by atoms with Crippen LogP contribution in [0, 0.1) is 50.2 Å². The van der Waals surface area contributed by atoms with Crippen molar-refractivity contribution in [3.63, 3.8) is 0 Å². The summed E-state index contributed by atoms with van der Waals surface area (Å²) >= 11 is 0. The van der Waals surface area contributed by atoms with Crippen molar-refractivity contribution in [1.29, 1.82) is 0 Å².